The lowest BCUT2D eigenvalue weighted by Gasteiger charge is -2.09. The average Bonchev–Trinajstić information content (AvgIpc) is 3.25. The van der Waals surface area contributed by atoms with Crippen LogP contribution in [0.15, 0.2) is 78.9 Å². The predicted octanol–water partition coefficient (Wildman–Crippen LogP) is 4.61. The van der Waals surface area contributed by atoms with Crippen LogP contribution in [0.5, 0.6) is 0 Å². The van der Waals surface area contributed by atoms with Crippen LogP contribution < -0.4 is 0 Å². The average molecular weight is 394 g/mol. The maximum atomic E-state index is 12.7. The molecule has 0 saturated carbocycles. The lowest BCUT2D eigenvalue weighted by Crippen LogP contribution is -2.06. The molecule has 0 unspecified atom stereocenters. The quantitative estimate of drug-likeness (QED) is 0.416. The van der Waals surface area contributed by atoms with Gasteiger partial charge in [-0.2, -0.15) is 0 Å². The first-order valence-electron chi connectivity index (χ1n) is 9.63. The van der Waals surface area contributed by atoms with Crippen molar-refractivity contribution in [3.05, 3.63) is 95.7 Å². The van der Waals surface area contributed by atoms with Crippen LogP contribution in [0, 0.1) is 6.92 Å². The highest BCUT2D eigenvalue weighted by Crippen LogP contribution is 2.25. The third-order valence-corrected chi connectivity index (χ3v) is 4.97. The van der Waals surface area contributed by atoms with E-state index in [1.54, 1.807) is 12.1 Å². The van der Waals surface area contributed by atoms with E-state index in [0.29, 0.717) is 17.0 Å². The van der Waals surface area contributed by atoms with Gasteiger partial charge >= 0.3 is 5.97 Å². The van der Waals surface area contributed by atoms with Gasteiger partial charge in [0.2, 0.25) is 0 Å². The van der Waals surface area contributed by atoms with E-state index in [9.17, 15) is 4.79 Å². The van der Waals surface area contributed by atoms with Crippen LogP contribution in [0.2, 0.25) is 0 Å². The number of hydrogen-bond acceptors (Lipinski definition) is 5. The summed E-state index contributed by atoms with van der Waals surface area (Å²) in [6.45, 7) is 2.13. The van der Waals surface area contributed by atoms with Crippen molar-refractivity contribution in [1.29, 1.82) is 0 Å². The summed E-state index contributed by atoms with van der Waals surface area (Å²) >= 11 is 0. The summed E-state index contributed by atoms with van der Waals surface area (Å²) < 4.78 is 7.44. The minimum Gasteiger partial charge on any atom is -0.457 e. The minimum atomic E-state index is -0.385. The minimum absolute atomic E-state index is 0.223. The fraction of sp³-hybridized carbons (Fsp3) is 0.0833. The van der Waals surface area contributed by atoms with Crippen molar-refractivity contribution in [2.75, 3.05) is 0 Å². The van der Waals surface area contributed by atoms with E-state index in [1.807, 2.05) is 78.1 Å². The van der Waals surface area contributed by atoms with Crippen LogP contribution in [-0.2, 0) is 11.3 Å². The number of benzene rings is 3. The summed E-state index contributed by atoms with van der Waals surface area (Å²) in [4.78, 5) is 17.3. The van der Waals surface area contributed by atoms with E-state index >= 15 is 0 Å². The number of carbonyl (C=O) groups excluding carboxylic acids is 1. The summed E-state index contributed by atoms with van der Waals surface area (Å²) in [7, 11) is 0. The number of carbonyl (C=O) groups is 1. The number of fused-ring (bicyclic) bond motifs is 3. The van der Waals surface area contributed by atoms with Gasteiger partial charge in [0.05, 0.1) is 22.3 Å². The second-order valence-electron chi connectivity index (χ2n) is 7.01. The summed E-state index contributed by atoms with van der Waals surface area (Å²) in [5.74, 6) is 0.319. The molecule has 0 aliphatic heterocycles. The smallest absolute Gasteiger partial charge is 0.338 e. The first-order chi connectivity index (χ1) is 14.7. The normalized spacial score (nSPS) is 11.1. The fourth-order valence-corrected chi connectivity index (χ4v) is 3.48. The Balaban J connectivity index is 1.59. The fourth-order valence-electron chi connectivity index (χ4n) is 3.48. The number of rotatable bonds is 4. The van der Waals surface area contributed by atoms with Gasteiger partial charge in [0.15, 0.2) is 11.5 Å². The summed E-state index contributed by atoms with van der Waals surface area (Å²) in [6.07, 6.45) is 0. The zero-order chi connectivity index (χ0) is 20.5. The molecule has 0 saturated heterocycles. The van der Waals surface area contributed by atoms with Crippen molar-refractivity contribution in [3.8, 4) is 11.4 Å². The van der Waals surface area contributed by atoms with Crippen LogP contribution in [0.1, 0.15) is 21.6 Å². The maximum Gasteiger partial charge on any atom is 0.338 e. The van der Waals surface area contributed by atoms with Crippen LogP contribution >= 0.6 is 0 Å². The van der Waals surface area contributed by atoms with Crippen molar-refractivity contribution in [2.45, 2.75) is 13.5 Å². The van der Waals surface area contributed by atoms with Gasteiger partial charge < -0.3 is 4.74 Å². The Kier molecular flexibility index (Phi) is 4.44. The molecule has 0 amide bonds. The van der Waals surface area contributed by atoms with Gasteiger partial charge in [0.1, 0.15) is 6.61 Å². The van der Waals surface area contributed by atoms with Crippen molar-refractivity contribution in [1.82, 2.24) is 19.6 Å². The van der Waals surface area contributed by atoms with Gasteiger partial charge in [-0.25, -0.2) is 9.78 Å². The standard InChI is InChI=1S/C24H18N4O2/c1-16-22-26-27-23(18-10-6-3-7-11-18)28(22)21-14-19(12-13-20(21)25-16)24(29)30-15-17-8-4-2-5-9-17/h2-14H,15H2,1H3. The Bertz CT molecular complexity index is 1360. The lowest BCUT2D eigenvalue weighted by atomic mass is 10.1. The largest absolute Gasteiger partial charge is 0.457 e. The SMILES string of the molecule is Cc1nc2ccc(C(=O)OCc3ccccc3)cc2n2c(-c3ccccc3)nnc12. The molecule has 5 aromatic rings. The molecule has 2 aromatic heterocycles. The second-order valence-corrected chi connectivity index (χ2v) is 7.01. The predicted molar refractivity (Wildman–Crippen MR) is 114 cm³/mol. The molecule has 2 heterocycles. The van der Waals surface area contributed by atoms with Gasteiger partial charge in [-0.15, -0.1) is 10.2 Å². The van der Waals surface area contributed by atoms with E-state index in [0.717, 1.165) is 27.9 Å². The van der Waals surface area contributed by atoms with Gasteiger partial charge in [-0.3, -0.25) is 4.40 Å². The van der Waals surface area contributed by atoms with Gasteiger partial charge in [-0.1, -0.05) is 60.7 Å². The molecule has 3 aromatic carbocycles. The zero-order valence-corrected chi connectivity index (χ0v) is 16.3. The third kappa shape index (κ3) is 3.18. The van der Waals surface area contributed by atoms with Gasteiger partial charge in [-0.05, 0) is 30.7 Å². The molecule has 6 nitrogen and oxygen atoms in total. The molecule has 0 radical (unpaired) electrons. The number of aromatic nitrogens is 4. The molecule has 0 aliphatic carbocycles. The number of nitrogens with zero attached hydrogens (tertiary/aromatic N) is 4. The molecule has 0 aliphatic rings. The highest BCUT2D eigenvalue weighted by molar-refractivity contribution is 5.94. The van der Waals surface area contributed by atoms with E-state index < -0.39 is 0 Å². The van der Waals surface area contributed by atoms with Crippen molar-refractivity contribution in [3.63, 3.8) is 0 Å². The van der Waals surface area contributed by atoms with E-state index in [-0.39, 0.29) is 12.6 Å². The van der Waals surface area contributed by atoms with E-state index in [4.69, 9.17) is 4.74 Å². The van der Waals surface area contributed by atoms with E-state index in [2.05, 4.69) is 15.2 Å². The van der Waals surface area contributed by atoms with Gasteiger partial charge in [0, 0.05) is 5.56 Å². The van der Waals surface area contributed by atoms with Crippen LogP contribution in [0.3, 0.4) is 0 Å². The monoisotopic (exact) mass is 394 g/mol. The highest BCUT2D eigenvalue weighted by Gasteiger charge is 2.16. The number of aryl methyl sites for hydroxylation is 1. The zero-order valence-electron chi connectivity index (χ0n) is 16.3. The van der Waals surface area contributed by atoms with Crippen molar-refractivity contribution >= 4 is 22.6 Å². The summed E-state index contributed by atoms with van der Waals surface area (Å²) in [5, 5.41) is 8.71. The third-order valence-electron chi connectivity index (χ3n) is 4.97. The lowest BCUT2D eigenvalue weighted by molar-refractivity contribution is 0.0473. The van der Waals surface area contributed by atoms with Crippen LogP contribution in [-0.4, -0.2) is 25.6 Å². The van der Waals surface area contributed by atoms with Crippen LogP contribution in [0.25, 0.3) is 28.1 Å². The highest BCUT2D eigenvalue weighted by atomic mass is 16.5. The topological polar surface area (TPSA) is 69.4 Å². The molecular formula is C24H18N4O2. The van der Waals surface area contributed by atoms with Crippen molar-refractivity contribution < 1.29 is 9.53 Å². The first-order valence-corrected chi connectivity index (χ1v) is 9.63. The molecule has 0 bridgehead atoms. The Morgan fingerprint density at radius 1 is 0.933 bits per heavy atom. The summed E-state index contributed by atoms with van der Waals surface area (Å²) in [6, 6.07) is 24.8. The molecule has 0 spiro atoms. The second kappa shape index (κ2) is 7.40. The number of ether oxygens (including phenoxy) is 1. The molecule has 146 valence electrons. The van der Waals surface area contributed by atoms with Crippen LogP contribution in [0.4, 0.5) is 0 Å². The first kappa shape index (κ1) is 18.0. The maximum absolute atomic E-state index is 12.7. The number of esters is 1. The van der Waals surface area contributed by atoms with Crippen molar-refractivity contribution in [2.24, 2.45) is 0 Å². The molecular weight excluding hydrogens is 376 g/mol. The molecule has 0 N–H and O–H groups in total. The molecule has 6 heteroatoms. The van der Waals surface area contributed by atoms with Gasteiger partial charge in [0.25, 0.3) is 0 Å². The Hall–Kier alpha value is -4.06. The molecule has 30 heavy (non-hydrogen) atoms. The molecule has 0 fully saturated rings. The Labute approximate surface area is 172 Å². The Morgan fingerprint density at radius 3 is 2.43 bits per heavy atom. The number of hydrogen-bond donors (Lipinski definition) is 0. The Morgan fingerprint density at radius 2 is 1.67 bits per heavy atom. The summed E-state index contributed by atoms with van der Waals surface area (Å²) in [5.41, 5.74) is 5.29. The van der Waals surface area contributed by atoms with E-state index in [1.165, 1.54) is 0 Å². The molecule has 0 atom stereocenters. The molecule has 5 rings (SSSR count).